The Bertz CT molecular complexity index is 947. The second-order valence-corrected chi connectivity index (χ2v) is 18.5. The minimum atomic E-state index is -0.763. The van der Waals surface area contributed by atoms with Crippen molar-refractivity contribution in [3.63, 3.8) is 0 Å². The van der Waals surface area contributed by atoms with Crippen molar-refractivity contribution in [2.45, 2.75) is 309 Å². The van der Waals surface area contributed by atoms with Gasteiger partial charge in [0, 0.05) is 19.3 Å². The van der Waals surface area contributed by atoms with Gasteiger partial charge in [0.2, 0.25) is 0 Å². The van der Waals surface area contributed by atoms with Crippen molar-refractivity contribution in [2.75, 3.05) is 13.2 Å². The Kier molecular flexibility index (Phi) is 49.3. The lowest BCUT2D eigenvalue weighted by molar-refractivity contribution is -0.167. The summed E-state index contributed by atoms with van der Waals surface area (Å²) in [4.78, 5) is 38.0. The molecular formula is C55H104O6. The standard InChI is InChI=1S/C55H104O6/c1-4-7-10-13-16-19-22-25-26-27-28-29-30-31-34-36-39-42-45-48-54(57)60-51-52(61-55(58)49-46-43-40-37-33-24-21-18-15-12-9-6-3)50-59-53(56)47-44-41-38-35-32-23-20-17-14-11-8-5-2/h25-26,52H,4-24,27-51H2,1-3H3/b26-25-. The largest absolute Gasteiger partial charge is 0.462 e. The van der Waals surface area contributed by atoms with E-state index in [0.717, 1.165) is 57.8 Å². The van der Waals surface area contributed by atoms with Crippen LogP contribution in [-0.4, -0.2) is 37.2 Å². The molecule has 0 aliphatic rings. The summed E-state index contributed by atoms with van der Waals surface area (Å²) in [5.74, 6) is -0.849. The first-order valence-corrected chi connectivity index (χ1v) is 27.2. The van der Waals surface area contributed by atoms with E-state index >= 15 is 0 Å². The predicted molar refractivity (Wildman–Crippen MR) is 261 cm³/mol. The Balaban J connectivity index is 4.26. The molecule has 0 aromatic carbocycles. The van der Waals surface area contributed by atoms with Gasteiger partial charge in [0.1, 0.15) is 13.2 Å². The van der Waals surface area contributed by atoms with Crippen LogP contribution in [-0.2, 0) is 28.6 Å². The molecule has 0 aromatic rings. The maximum Gasteiger partial charge on any atom is 0.306 e. The van der Waals surface area contributed by atoms with E-state index in [1.54, 1.807) is 0 Å². The van der Waals surface area contributed by atoms with Crippen molar-refractivity contribution in [2.24, 2.45) is 0 Å². The first-order chi connectivity index (χ1) is 30.0. The molecule has 0 aromatic heterocycles. The molecular weight excluding hydrogens is 757 g/mol. The fourth-order valence-electron chi connectivity index (χ4n) is 8.14. The Morgan fingerprint density at radius 1 is 0.311 bits per heavy atom. The molecule has 0 aliphatic heterocycles. The van der Waals surface area contributed by atoms with Crippen LogP contribution in [0.25, 0.3) is 0 Å². The van der Waals surface area contributed by atoms with Gasteiger partial charge in [-0.2, -0.15) is 0 Å². The van der Waals surface area contributed by atoms with Crippen molar-refractivity contribution in [3.05, 3.63) is 12.2 Å². The molecule has 0 spiro atoms. The maximum atomic E-state index is 12.8. The molecule has 360 valence electrons. The number of carbonyl (C=O) groups is 3. The van der Waals surface area contributed by atoms with Crippen molar-refractivity contribution in [3.8, 4) is 0 Å². The lowest BCUT2D eigenvalue weighted by Gasteiger charge is -2.18. The van der Waals surface area contributed by atoms with Gasteiger partial charge < -0.3 is 14.2 Å². The van der Waals surface area contributed by atoms with E-state index in [9.17, 15) is 14.4 Å². The van der Waals surface area contributed by atoms with Crippen molar-refractivity contribution in [1.29, 1.82) is 0 Å². The predicted octanol–water partition coefficient (Wildman–Crippen LogP) is 17.8. The zero-order valence-electron chi connectivity index (χ0n) is 41.2. The molecule has 0 amide bonds. The van der Waals surface area contributed by atoms with Crippen molar-refractivity contribution < 1.29 is 28.6 Å². The summed E-state index contributed by atoms with van der Waals surface area (Å²) in [6.45, 7) is 6.67. The molecule has 0 bridgehead atoms. The van der Waals surface area contributed by atoms with E-state index in [2.05, 4.69) is 32.9 Å². The third-order valence-corrected chi connectivity index (χ3v) is 12.3. The third-order valence-electron chi connectivity index (χ3n) is 12.3. The molecule has 0 fully saturated rings. The maximum absolute atomic E-state index is 12.8. The zero-order chi connectivity index (χ0) is 44.4. The number of hydrogen-bond donors (Lipinski definition) is 0. The molecule has 0 N–H and O–H groups in total. The topological polar surface area (TPSA) is 78.9 Å². The molecule has 61 heavy (non-hydrogen) atoms. The number of allylic oxidation sites excluding steroid dienone is 2. The van der Waals surface area contributed by atoms with Gasteiger partial charge >= 0.3 is 17.9 Å². The Morgan fingerprint density at radius 2 is 0.541 bits per heavy atom. The first kappa shape index (κ1) is 59.1. The smallest absolute Gasteiger partial charge is 0.306 e. The van der Waals surface area contributed by atoms with Gasteiger partial charge in [-0.3, -0.25) is 14.4 Å². The van der Waals surface area contributed by atoms with E-state index in [0.29, 0.717) is 19.3 Å². The second-order valence-electron chi connectivity index (χ2n) is 18.5. The molecule has 0 rings (SSSR count). The molecule has 0 saturated heterocycles. The lowest BCUT2D eigenvalue weighted by Crippen LogP contribution is -2.30. The number of hydrogen-bond acceptors (Lipinski definition) is 6. The molecule has 6 nitrogen and oxygen atoms in total. The Labute approximate surface area is 380 Å². The van der Waals surface area contributed by atoms with E-state index in [1.165, 1.54) is 205 Å². The van der Waals surface area contributed by atoms with E-state index in [4.69, 9.17) is 14.2 Å². The molecule has 6 heteroatoms. The van der Waals surface area contributed by atoms with Crippen LogP contribution in [0.2, 0.25) is 0 Å². The Hall–Kier alpha value is -1.85. The molecule has 0 heterocycles. The van der Waals surface area contributed by atoms with Crippen molar-refractivity contribution >= 4 is 17.9 Å². The lowest BCUT2D eigenvalue weighted by atomic mass is 10.0. The molecule has 0 radical (unpaired) electrons. The van der Waals surface area contributed by atoms with Gasteiger partial charge in [-0.1, -0.05) is 251 Å². The monoisotopic (exact) mass is 861 g/mol. The van der Waals surface area contributed by atoms with E-state index in [-0.39, 0.29) is 31.1 Å². The van der Waals surface area contributed by atoms with Gasteiger partial charge in [-0.15, -0.1) is 0 Å². The average Bonchev–Trinajstić information content (AvgIpc) is 3.26. The Morgan fingerprint density at radius 3 is 0.820 bits per heavy atom. The van der Waals surface area contributed by atoms with Crippen LogP contribution < -0.4 is 0 Å². The van der Waals surface area contributed by atoms with Crippen LogP contribution in [0.5, 0.6) is 0 Å². The number of esters is 3. The fraction of sp³-hybridized carbons (Fsp3) is 0.909. The fourth-order valence-corrected chi connectivity index (χ4v) is 8.14. The van der Waals surface area contributed by atoms with Gasteiger partial charge in [-0.05, 0) is 44.9 Å². The van der Waals surface area contributed by atoms with Crippen LogP contribution in [0.15, 0.2) is 12.2 Å². The number of carbonyl (C=O) groups excluding carboxylic acids is 3. The highest BCUT2D eigenvalue weighted by molar-refractivity contribution is 5.71. The molecule has 0 aliphatic carbocycles. The van der Waals surface area contributed by atoms with Crippen LogP contribution in [0, 0.1) is 0 Å². The third kappa shape index (κ3) is 49.0. The summed E-state index contributed by atoms with van der Waals surface area (Å²) in [7, 11) is 0. The number of unbranched alkanes of at least 4 members (excludes halogenated alkanes) is 37. The summed E-state index contributed by atoms with van der Waals surface area (Å²) in [6, 6.07) is 0. The highest BCUT2D eigenvalue weighted by Crippen LogP contribution is 2.16. The van der Waals surface area contributed by atoms with Gasteiger partial charge in [0.15, 0.2) is 6.10 Å². The van der Waals surface area contributed by atoms with E-state index in [1.807, 2.05) is 0 Å². The summed E-state index contributed by atoms with van der Waals surface area (Å²) in [5, 5.41) is 0. The molecule has 1 unspecified atom stereocenters. The quantitative estimate of drug-likeness (QED) is 0.0262. The first-order valence-electron chi connectivity index (χ1n) is 27.2. The highest BCUT2D eigenvalue weighted by atomic mass is 16.6. The van der Waals surface area contributed by atoms with E-state index < -0.39 is 6.10 Å². The van der Waals surface area contributed by atoms with Gasteiger partial charge in [0.25, 0.3) is 0 Å². The van der Waals surface area contributed by atoms with Gasteiger partial charge in [0.05, 0.1) is 0 Å². The molecule has 1 atom stereocenters. The normalized spacial score (nSPS) is 12.0. The van der Waals surface area contributed by atoms with Crippen LogP contribution in [0.4, 0.5) is 0 Å². The van der Waals surface area contributed by atoms with Crippen LogP contribution >= 0.6 is 0 Å². The second kappa shape index (κ2) is 50.8. The SMILES string of the molecule is CCCCCCCC/C=C\CCCCCCCCCCCC(=O)OCC(COC(=O)CCCCCCCCCCCCCC)OC(=O)CCCCCCCCCCCCCC. The number of ether oxygens (including phenoxy) is 3. The minimum absolute atomic E-state index is 0.0650. The van der Waals surface area contributed by atoms with Crippen LogP contribution in [0.1, 0.15) is 303 Å². The summed E-state index contributed by atoms with van der Waals surface area (Å²) < 4.78 is 16.8. The highest BCUT2D eigenvalue weighted by Gasteiger charge is 2.19. The zero-order valence-corrected chi connectivity index (χ0v) is 41.2. The summed E-state index contributed by atoms with van der Waals surface area (Å²) in [6.07, 6.45) is 56.2. The summed E-state index contributed by atoms with van der Waals surface area (Å²) >= 11 is 0. The van der Waals surface area contributed by atoms with Gasteiger partial charge in [-0.25, -0.2) is 0 Å². The van der Waals surface area contributed by atoms with Crippen LogP contribution in [0.3, 0.4) is 0 Å². The number of rotatable bonds is 50. The van der Waals surface area contributed by atoms with Crippen molar-refractivity contribution in [1.82, 2.24) is 0 Å². The molecule has 0 saturated carbocycles. The minimum Gasteiger partial charge on any atom is -0.462 e. The average molecular weight is 861 g/mol. The summed E-state index contributed by atoms with van der Waals surface area (Å²) in [5.41, 5.74) is 0.